The van der Waals surface area contributed by atoms with Gasteiger partial charge in [0, 0.05) is 17.6 Å². The van der Waals surface area contributed by atoms with Gasteiger partial charge in [0.2, 0.25) is 0 Å². The monoisotopic (exact) mass is 446 g/mol. The molecule has 0 radical (unpaired) electrons. The highest BCUT2D eigenvalue weighted by Gasteiger charge is 2.10. The SMILES string of the molecule is CCCCNC(=O)/C(C#N)=C/c1ccc(OC(=O)COc2cc(Cl)ccc2Cl)cc1. The second-order valence-corrected chi connectivity index (χ2v) is 7.03. The summed E-state index contributed by atoms with van der Waals surface area (Å²) in [5, 5.41) is 12.7. The molecule has 1 amide bonds. The molecule has 0 saturated heterocycles. The Morgan fingerprint density at radius 1 is 1.17 bits per heavy atom. The van der Waals surface area contributed by atoms with E-state index in [2.05, 4.69) is 5.32 Å². The molecule has 0 atom stereocenters. The number of nitrogens with one attached hydrogen (secondary N) is 1. The van der Waals surface area contributed by atoms with E-state index in [1.54, 1.807) is 36.4 Å². The van der Waals surface area contributed by atoms with Crippen LogP contribution in [0.4, 0.5) is 0 Å². The topological polar surface area (TPSA) is 88.4 Å². The number of rotatable bonds is 9. The normalized spacial score (nSPS) is 10.8. The van der Waals surface area contributed by atoms with Crippen LogP contribution in [0, 0.1) is 11.3 Å². The highest BCUT2D eigenvalue weighted by Crippen LogP contribution is 2.27. The summed E-state index contributed by atoms with van der Waals surface area (Å²) in [7, 11) is 0. The van der Waals surface area contributed by atoms with E-state index in [9.17, 15) is 14.9 Å². The van der Waals surface area contributed by atoms with Crippen LogP contribution in [0.25, 0.3) is 6.08 Å². The molecule has 2 aromatic rings. The second-order valence-electron chi connectivity index (χ2n) is 6.19. The number of nitriles is 1. The average molecular weight is 447 g/mol. The lowest BCUT2D eigenvalue weighted by atomic mass is 10.1. The van der Waals surface area contributed by atoms with Crippen molar-refractivity contribution in [1.82, 2.24) is 5.32 Å². The first-order valence-corrected chi connectivity index (χ1v) is 9.97. The van der Waals surface area contributed by atoms with Crippen LogP contribution in [0.15, 0.2) is 48.0 Å². The molecule has 0 aliphatic carbocycles. The van der Waals surface area contributed by atoms with Crippen LogP contribution in [0.2, 0.25) is 10.0 Å². The molecule has 2 rings (SSSR count). The standard InChI is InChI=1S/C22H20Cl2N2O4/c1-2-3-10-26-22(28)16(13-25)11-15-4-7-18(8-5-15)30-21(27)14-29-20-12-17(23)6-9-19(20)24/h4-9,11-12H,2-3,10,14H2,1H3,(H,26,28)/b16-11+. The van der Waals surface area contributed by atoms with Crippen molar-refractivity contribution in [2.24, 2.45) is 0 Å². The Morgan fingerprint density at radius 2 is 1.90 bits per heavy atom. The number of nitrogens with zero attached hydrogens (tertiary/aromatic N) is 1. The van der Waals surface area contributed by atoms with Crippen molar-refractivity contribution in [3.8, 4) is 17.6 Å². The van der Waals surface area contributed by atoms with Gasteiger partial charge in [-0.3, -0.25) is 4.79 Å². The van der Waals surface area contributed by atoms with Crippen LogP contribution in [0.5, 0.6) is 11.5 Å². The Kier molecular flexibility index (Phi) is 9.20. The van der Waals surface area contributed by atoms with Crippen molar-refractivity contribution in [2.45, 2.75) is 19.8 Å². The fourth-order valence-corrected chi connectivity index (χ4v) is 2.64. The summed E-state index contributed by atoms with van der Waals surface area (Å²) in [5.41, 5.74) is 0.626. The lowest BCUT2D eigenvalue weighted by Gasteiger charge is -2.08. The zero-order valence-corrected chi connectivity index (χ0v) is 17.8. The van der Waals surface area contributed by atoms with E-state index in [4.69, 9.17) is 32.7 Å². The van der Waals surface area contributed by atoms with Gasteiger partial charge in [0.15, 0.2) is 6.61 Å². The summed E-state index contributed by atoms with van der Waals surface area (Å²) in [4.78, 5) is 24.0. The molecular weight excluding hydrogens is 427 g/mol. The average Bonchev–Trinajstić information content (AvgIpc) is 2.74. The number of hydrogen-bond donors (Lipinski definition) is 1. The Labute approximate surface area is 185 Å². The molecule has 8 heteroatoms. The number of amides is 1. The van der Waals surface area contributed by atoms with Crippen molar-refractivity contribution in [2.75, 3.05) is 13.2 Å². The van der Waals surface area contributed by atoms with Gasteiger partial charge in [-0.05, 0) is 42.3 Å². The minimum absolute atomic E-state index is 0.00245. The van der Waals surface area contributed by atoms with E-state index >= 15 is 0 Å². The van der Waals surface area contributed by atoms with Gasteiger partial charge in [-0.25, -0.2) is 4.79 Å². The van der Waals surface area contributed by atoms with Crippen molar-refractivity contribution < 1.29 is 19.1 Å². The maximum absolute atomic E-state index is 12.0. The summed E-state index contributed by atoms with van der Waals surface area (Å²) in [5.74, 6) is -0.465. The van der Waals surface area contributed by atoms with Crippen LogP contribution < -0.4 is 14.8 Å². The van der Waals surface area contributed by atoms with Gasteiger partial charge in [0.05, 0.1) is 5.02 Å². The van der Waals surface area contributed by atoms with Gasteiger partial charge in [-0.2, -0.15) is 5.26 Å². The van der Waals surface area contributed by atoms with E-state index in [0.29, 0.717) is 27.9 Å². The molecule has 0 bridgehead atoms. The molecule has 0 aliphatic heterocycles. The van der Waals surface area contributed by atoms with E-state index < -0.39 is 11.9 Å². The van der Waals surface area contributed by atoms with Crippen LogP contribution in [-0.4, -0.2) is 25.0 Å². The van der Waals surface area contributed by atoms with E-state index in [1.165, 1.54) is 12.1 Å². The van der Waals surface area contributed by atoms with Crippen molar-refractivity contribution in [3.63, 3.8) is 0 Å². The molecule has 0 unspecified atom stereocenters. The van der Waals surface area contributed by atoms with Gasteiger partial charge in [0.25, 0.3) is 5.91 Å². The highest BCUT2D eigenvalue weighted by atomic mass is 35.5. The quantitative estimate of drug-likeness (QED) is 0.196. The molecular formula is C22H20Cl2N2O4. The van der Waals surface area contributed by atoms with E-state index in [0.717, 1.165) is 12.8 Å². The van der Waals surface area contributed by atoms with Crippen molar-refractivity contribution in [3.05, 3.63) is 63.6 Å². The minimum atomic E-state index is -0.623. The minimum Gasteiger partial charge on any atom is -0.480 e. The second kappa shape index (κ2) is 11.9. The highest BCUT2D eigenvalue weighted by molar-refractivity contribution is 6.34. The number of benzene rings is 2. The molecule has 2 aromatic carbocycles. The van der Waals surface area contributed by atoms with Crippen LogP contribution in [0.3, 0.4) is 0 Å². The summed E-state index contributed by atoms with van der Waals surface area (Å²) in [6.07, 6.45) is 3.26. The Morgan fingerprint density at radius 3 is 2.57 bits per heavy atom. The number of halogens is 2. The van der Waals surface area contributed by atoms with Gasteiger partial charge in [0.1, 0.15) is 23.1 Å². The van der Waals surface area contributed by atoms with Gasteiger partial charge >= 0.3 is 5.97 Å². The van der Waals surface area contributed by atoms with Crippen molar-refractivity contribution in [1.29, 1.82) is 5.26 Å². The van der Waals surface area contributed by atoms with Crippen LogP contribution >= 0.6 is 23.2 Å². The number of carbonyl (C=O) groups is 2. The first-order valence-electron chi connectivity index (χ1n) is 9.21. The van der Waals surface area contributed by atoms with Gasteiger partial charge in [-0.15, -0.1) is 0 Å². The largest absolute Gasteiger partial charge is 0.480 e. The number of esters is 1. The molecule has 30 heavy (non-hydrogen) atoms. The molecule has 0 aliphatic rings. The summed E-state index contributed by atoms with van der Waals surface area (Å²) in [6, 6.07) is 12.9. The first-order chi connectivity index (χ1) is 14.4. The molecule has 0 aromatic heterocycles. The van der Waals surface area contributed by atoms with E-state index in [-0.39, 0.29) is 17.9 Å². The lowest BCUT2D eigenvalue weighted by molar-refractivity contribution is -0.136. The molecule has 0 spiro atoms. The third-order valence-corrected chi connectivity index (χ3v) is 4.39. The fourth-order valence-electron chi connectivity index (χ4n) is 2.31. The number of carbonyl (C=O) groups excluding carboxylic acids is 2. The molecule has 6 nitrogen and oxygen atoms in total. The molecule has 156 valence electrons. The van der Waals surface area contributed by atoms with Crippen LogP contribution in [0.1, 0.15) is 25.3 Å². The predicted molar refractivity (Wildman–Crippen MR) is 116 cm³/mol. The zero-order valence-electron chi connectivity index (χ0n) is 16.3. The molecule has 1 N–H and O–H groups in total. The summed E-state index contributed by atoms with van der Waals surface area (Å²) in [6.45, 7) is 2.18. The summed E-state index contributed by atoms with van der Waals surface area (Å²) >= 11 is 11.8. The smallest absolute Gasteiger partial charge is 0.349 e. The maximum Gasteiger partial charge on any atom is 0.349 e. The Hall–Kier alpha value is -3.01. The fraction of sp³-hybridized carbons (Fsp3) is 0.227. The van der Waals surface area contributed by atoms with Crippen LogP contribution in [-0.2, 0) is 9.59 Å². The van der Waals surface area contributed by atoms with Crippen molar-refractivity contribution >= 4 is 41.2 Å². The molecule has 0 fully saturated rings. The summed E-state index contributed by atoms with van der Waals surface area (Å²) < 4.78 is 10.5. The zero-order chi connectivity index (χ0) is 21.9. The maximum atomic E-state index is 12.0. The number of ether oxygens (including phenoxy) is 2. The van der Waals surface area contributed by atoms with Gasteiger partial charge < -0.3 is 14.8 Å². The Bertz CT molecular complexity index is 966. The lowest BCUT2D eigenvalue weighted by Crippen LogP contribution is -2.25. The Balaban J connectivity index is 1.93. The number of unbranched alkanes of at least 4 members (excludes halogenated alkanes) is 1. The molecule has 0 saturated carbocycles. The van der Waals surface area contributed by atoms with E-state index in [1.807, 2.05) is 13.0 Å². The first kappa shape index (κ1) is 23.3. The third-order valence-electron chi connectivity index (χ3n) is 3.84. The third kappa shape index (κ3) is 7.43. The number of hydrogen-bond acceptors (Lipinski definition) is 5. The van der Waals surface area contributed by atoms with Gasteiger partial charge in [-0.1, -0.05) is 48.7 Å². The molecule has 0 heterocycles. The predicted octanol–water partition coefficient (Wildman–Crippen LogP) is 4.80.